The molecular weight excluding hydrogens is 396 g/mol. The molecule has 0 amide bonds. The maximum atomic E-state index is 12.2. The molecule has 6 nitrogen and oxygen atoms in total. The molecule has 0 aromatic heterocycles. The number of rotatable bonds is 4. The van der Waals surface area contributed by atoms with Crippen molar-refractivity contribution in [1.82, 2.24) is 0 Å². The lowest BCUT2D eigenvalue weighted by Gasteiger charge is -2.65. The summed E-state index contributed by atoms with van der Waals surface area (Å²) in [6.07, 6.45) is 9.04. The molecule has 2 N–H and O–H groups in total. The number of hydrogen-bond donors (Lipinski definition) is 2. The normalized spacial score (nSPS) is 51.4. The Morgan fingerprint density at radius 3 is 2.68 bits per heavy atom. The van der Waals surface area contributed by atoms with E-state index in [4.69, 9.17) is 9.47 Å². The maximum Gasteiger partial charge on any atom is 0.331 e. The number of esters is 1. The minimum atomic E-state index is -0.925. The first kappa shape index (κ1) is 21.6. The van der Waals surface area contributed by atoms with Gasteiger partial charge >= 0.3 is 5.97 Å². The summed E-state index contributed by atoms with van der Waals surface area (Å²) in [5.41, 5.74) is -0.563. The van der Waals surface area contributed by atoms with Crippen molar-refractivity contribution >= 4 is 12.3 Å². The van der Waals surface area contributed by atoms with Crippen LogP contribution in [0.2, 0.25) is 0 Å². The van der Waals surface area contributed by atoms with Crippen LogP contribution in [0.1, 0.15) is 65.2 Å². The molecule has 5 aliphatic rings. The SMILES string of the molecule is C[C@]12CC[C@H](OCC=O)CC1CCC1C2C[C@@H](O)[C@]2(C)[C@@H](C3=CC(=O)OC3)CC[C@]12O. The summed E-state index contributed by atoms with van der Waals surface area (Å²) in [5.74, 6) is 0.621. The fourth-order valence-electron chi connectivity index (χ4n) is 8.68. The second-order valence-electron chi connectivity index (χ2n) is 11.3. The first-order chi connectivity index (χ1) is 14.7. The molecule has 4 fully saturated rings. The number of aliphatic hydroxyl groups is 2. The molecule has 9 atom stereocenters. The van der Waals surface area contributed by atoms with Crippen molar-refractivity contribution in [1.29, 1.82) is 0 Å². The molecule has 6 heteroatoms. The standard InChI is InChI=1S/C25H36O6/c1-23-7-5-17(30-10-9-26)12-16(23)3-4-19-20(23)13-21(27)24(2)18(6-8-25(19,24)29)15-11-22(28)31-14-15/h9,11,16-21,27,29H,3-8,10,12-14H2,1-2H3/t16?,17-,18+,19?,20?,21+,23-,24-,25-/m0/s1. The molecule has 0 bridgehead atoms. The average molecular weight is 433 g/mol. The van der Waals surface area contributed by atoms with Crippen LogP contribution in [0.4, 0.5) is 0 Å². The number of ether oxygens (including phenoxy) is 2. The summed E-state index contributed by atoms with van der Waals surface area (Å²) in [5, 5.41) is 23.8. The van der Waals surface area contributed by atoms with Crippen molar-refractivity contribution in [3.05, 3.63) is 11.6 Å². The van der Waals surface area contributed by atoms with E-state index in [9.17, 15) is 19.8 Å². The Bertz CT molecular complexity index is 793. The third-order valence-corrected chi connectivity index (χ3v) is 10.4. The lowest BCUT2D eigenvalue weighted by Crippen LogP contribution is -2.67. The van der Waals surface area contributed by atoms with E-state index in [0.717, 1.165) is 50.4 Å². The fraction of sp³-hybridized carbons (Fsp3) is 0.840. The van der Waals surface area contributed by atoms with Gasteiger partial charge < -0.3 is 24.5 Å². The Balaban J connectivity index is 1.42. The molecule has 172 valence electrons. The zero-order valence-corrected chi connectivity index (χ0v) is 18.7. The largest absolute Gasteiger partial charge is 0.458 e. The summed E-state index contributed by atoms with van der Waals surface area (Å²) < 4.78 is 10.9. The van der Waals surface area contributed by atoms with E-state index in [1.165, 1.54) is 0 Å². The van der Waals surface area contributed by atoms with Crippen LogP contribution in [0.25, 0.3) is 0 Å². The third-order valence-electron chi connectivity index (χ3n) is 10.4. The van der Waals surface area contributed by atoms with Crippen molar-refractivity contribution < 1.29 is 29.3 Å². The number of fused-ring (bicyclic) bond motifs is 5. The van der Waals surface area contributed by atoms with Gasteiger partial charge in [0.15, 0.2) is 0 Å². The minimum Gasteiger partial charge on any atom is -0.458 e. The molecule has 0 radical (unpaired) electrons. The number of carbonyl (C=O) groups is 2. The molecule has 1 heterocycles. The summed E-state index contributed by atoms with van der Waals surface area (Å²) in [6, 6.07) is 0. The Hall–Kier alpha value is -1.24. The summed E-state index contributed by atoms with van der Waals surface area (Å²) in [6.45, 7) is 4.87. The number of aldehydes is 1. The summed E-state index contributed by atoms with van der Waals surface area (Å²) >= 11 is 0. The fourth-order valence-corrected chi connectivity index (χ4v) is 8.68. The molecule has 4 aliphatic carbocycles. The Labute approximate surface area is 184 Å². The van der Waals surface area contributed by atoms with Crippen molar-refractivity contribution in [2.24, 2.45) is 34.5 Å². The molecule has 5 rings (SSSR count). The zero-order valence-electron chi connectivity index (χ0n) is 18.7. The van der Waals surface area contributed by atoms with Gasteiger partial charge in [0, 0.05) is 11.5 Å². The molecule has 0 aromatic carbocycles. The summed E-state index contributed by atoms with van der Waals surface area (Å²) in [7, 11) is 0. The molecule has 31 heavy (non-hydrogen) atoms. The topological polar surface area (TPSA) is 93.1 Å². The van der Waals surface area contributed by atoms with E-state index in [1.807, 2.05) is 6.92 Å². The van der Waals surface area contributed by atoms with Crippen LogP contribution in [0.5, 0.6) is 0 Å². The van der Waals surface area contributed by atoms with Crippen molar-refractivity contribution in [2.45, 2.75) is 83.0 Å². The van der Waals surface area contributed by atoms with Crippen LogP contribution in [0, 0.1) is 34.5 Å². The van der Waals surface area contributed by atoms with Crippen LogP contribution < -0.4 is 0 Å². The predicted molar refractivity (Wildman–Crippen MR) is 113 cm³/mol. The van der Waals surface area contributed by atoms with E-state index in [1.54, 1.807) is 6.08 Å². The second kappa shape index (κ2) is 7.39. The van der Waals surface area contributed by atoms with E-state index < -0.39 is 17.1 Å². The molecule has 4 saturated carbocycles. The molecule has 0 aromatic rings. The number of cyclic esters (lactones) is 1. The number of carbonyl (C=O) groups excluding carboxylic acids is 2. The van der Waals surface area contributed by atoms with Crippen LogP contribution >= 0.6 is 0 Å². The molecule has 0 saturated heterocycles. The Morgan fingerprint density at radius 1 is 1.16 bits per heavy atom. The predicted octanol–water partition coefficient (Wildman–Crippen LogP) is 2.80. The maximum absolute atomic E-state index is 12.2. The van der Waals surface area contributed by atoms with Gasteiger partial charge in [-0.2, -0.15) is 0 Å². The Morgan fingerprint density at radius 2 is 1.97 bits per heavy atom. The van der Waals surface area contributed by atoms with Crippen LogP contribution in [0.15, 0.2) is 11.6 Å². The quantitative estimate of drug-likeness (QED) is 0.524. The first-order valence-electron chi connectivity index (χ1n) is 12.1. The molecule has 1 aliphatic heterocycles. The van der Waals surface area contributed by atoms with E-state index in [0.29, 0.717) is 18.8 Å². The molecule has 3 unspecified atom stereocenters. The average Bonchev–Trinajstić information content (AvgIpc) is 3.29. The van der Waals surface area contributed by atoms with Gasteiger partial charge in [-0.25, -0.2) is 4.79 Å². The highest BCUT2D eigenvalue weighted by atomic mass is 16.5. The van der Waals surface area contributed by atoms with Crippen LogP contribution in [0.3, 0.4) is 0 Å². The third kappa shape index (κ3) is 2.94. The van der Waals surface area contributed by atoms with Crippen LogP contribution in [-0.2, 0) is 19.1 Å². The van der Waals surface area contributed by atoms with Crippen molar-refractivity contribution in [3.8, 4) is 0 Å². The summed E-state index contributed by atoms with van der Waals surface area (Å²) in [4.78, 5) is 22.4. The van der Waals surface area contributed by atoms with E-state index in [2.05, 4.69) is 6.92 Å². The Kier molecular flexibility index (Phi) is 5.15. The zero-order chi connectivity index (χ0) is 22.0. The lowest BCUT2D eigenvalue weighted by molar-refractivity contribution is -0.245. The smallest absolute Gasteiger partial charge is 0.331 e. The molecular formula is C25H36O6. The van der Waals surface area contributed by atoms with Gasteiger partial charge in [0.25, 0.3) is 0 Å². The van der Waals surface area contributed by atoms with Gasteiger partial charge in [-0.05, 0) is 86.0 Å². The highest BCUT2D eigenvalue weighted by Gasteiger charge is 2.70. The van der Waals surface area contributed by atoms with Crippen LogP contribution in [-0.4, -0.2) is 53.5 Å². The van der Waals surface area contributed by atoms with Gasteiger partial charge in [0.1, 0.15) is 19.5 Å². The van der Waals surface area contributed by atoms with Gasteiger partial charge in [-0.1, -0.05) is 13.8 Å². The minimum absolute atomic E-state index is 0.0158. The highest BCUT2D eigenvalue weighted by molar-refractivity contribution is 5.85. The number of aliphatic hydroxyl groups excluding tert-OH is 1. The monoisotopic (exact) mass is 432 g/mol. The van der Waals surface area contributed by atoms with Gasteiger partial charge in [-0.3, -0.25) is 0 Å². The van der Waals surface area contributed by atoms with Gasteiger partial charge in [0.2, 0.25) is 0 Å². The second-order valence-corrected chi connectivity index (χ2v) is 11.3. The molecule has 0 spiro atoms. The van der Waals surface area contributed by atoms with E-state index in [-0.39, 0.29) is 48.5 Å². The number of hydrogen-bond acceptors (Lipinski definition) is 6. The van der Waals surface area contributed by atoms with E-state index >= 15 is 0 Å². The highest BCUT2D eigenvalue weighted by Crippen LogP contribution is 2.69. The lowest BCUT2D eigenvalue weighted by atomic mass is 9.42. The van der Waals surface area contributed by atoms with Gasteiger partial charge in [0.05, 0.1) is 17.8 Å². The van der Waals surface area contributed by atoms with Gasteiger partial charge in [-0.15, -0.1) is 0 Å². The van der Waals surface area contributed by atoms with Crippen molar-refractivity contribution in [2.75, 3.05) is 13.2 Å². The first-order valence-corrected chi connectivity index (χ1v) is 12.1. The van der Waals surface area contributed by atoms with Crippen molar-refractivity contribution in [3.63, 3.8) is 0 Å².